The van der Waals surface area contributed by atoms with E-state index in [1.54, 1.807) is 13.0 Å². The molecule has 26 heavy (non-hydrogen) atoms. The van der Waals surface area contributed by atoms with E-state index < -0.39 is 0 Å². The molecule has 2 rings (SSSR count). The van der Waals surface area contributed by atoms with E-state index in [4.69, 9.17) is 10.6 Å². The smallest absolute Gasteiger partial charge is 0.233 e. The number of nitrogens with one attached hydrogen (secondary N) is 1. The van der Waals surface area contributed by atoms with Gasteiger partial charge in [-0.15, -0.1) is 16.8 Å². The molecule has 1 heterocycles. The molecule has 0 saturated heterocycles. The molecule has 140 valence electrons. The number of carbonyl (C=O) groups is 1. The summed E-state index contributed by atoms with van der Waals surface area (Å²) in [5, 5.41) is 10.9. The molecule has 0 aliphatic carbocycles. The highest BCUT2D eigenvalue weighted by molar-refractivity contribution is 8.00. The number of benzene rings is 1. The highest BCUT2D eigenvalue weighted by atomic mass is 32.2. The van der Waals surface area contributed by atoms with Crippen molar-refractivity contribution in [1.82, 2.24) is 20.2 Å². The van der Waals surface area contributed by atoms with Gasteiger partial charge >= 0.3 is 0 Å². The average Bonchev–Trinajstić information content (AvgIpc) is 2.98. The molecule has 7 nitrogen and oxygen atoms in total. The van der Waals surface area contributed by atoms with Crippen molar-refractivity contribution in [2.45, 2.75) is 43.7 Å². The molecule has 1 aromatic carbocycles. The first-order chi connectivity index (χ1) is 12.4. The van der Waals surface area contributed by atoms with Crippen LogP contribution in [0.2, 0.25) is 0 Å². The Labute approximate surface area is 158 Å². The fourth-order valence-electron chi connectivity index (χ4n) is 2.11. The number of nitrogens with two attached hydrogens (primary N) is 1. The molecule has 0 aliphatic rings. The number of carbonyl (C=O) groups excluding carboxylic acids is 1. The molecule has 1 aromatic heterocycles. The van der Waals surface area contributed by atoms with Crippen molar-refractivity contribution in [2.24, 2.45) is 0 Å². The van der Waals surface area contributed by atoms with E-state index >= 15 is 0 Å². The number of aromatic nitrogens is 3. The number of nitrogen functional groups attached to an aromatic ring is 1. The summed E-state index contributed by atoms with van der Waals surface area (Å²) in [7, 11) is 0. The topological polar surface area (TPSA) is 95.1 Å². The first kappa shape index (κ1) is 19.8. The maximum absolute atomic E-state index is 11.9. The van der Waals surface area contributed by atoms with Gasteiger partial charge in [0.2, 0.25) is 11.1 Å². The lowest BCUT2D eigenvalue weighted by Gasteiger charge is -2.11. The largest absolute Gasteiger partial charge is 0.486 e. The Hall–Kier alpha value is -2.48. The van der Waals surface area contributed by atoms with E-state index in [1.165, 1.54) is 22.0 Å². The van der Waals surface area contributed by atoms with E-state index in [-0.39, 0.29) is 17.8 Å². The minimum Gasteiger partial charge on any atom is -0.486 e. The minimum atomic E-state index is -0.348. The Kier molecular flexibility index (Phi) is 7.08. The highest BCUT2D eigenvalue weighted by Gasteiger charge is 2.19. The fraction of sp³-hybridized carbons (Fsp3) is 0.389. The molecule has 0 aliphatic heterocycles. The number of hydrogen-bond donors (Lipinski definition) is 2. The predicted octanol–water partition coefficient (Wildman–Crippen LogP) is 2.48. The number of thioether (sulfide) groups is 1. The molecule has 0 radical (unpaired) electrons. The molecule has 8 heteroatoms. The summed E-state index contributed by atoms with van der Waals surface area (Å²) in [5.41, 5.74) is 1.25. The molecule has 1 atom stereocenters. The van der Waals surface area contributed by atoms with Gasteiger partial charge < -0.3 is 15.9 Å². The van der Waals surface area contributed by atoms with Crippen molar-refractivity contribution in [2.75, 3.05) is 12.4 Å². The number of hydrogen-bond acceptors (Lipinski definition) is 6. The number of ether oxygens (including phenoxy) is 1. The predicted molar refractivity (Wildman–Crippen MR) is 104 cm³/mol. The van der Waals surface area contributed by atoms with E-state index in [0.717, 1.165) is 5.75 Å². The zero-order valence-corrected chi connectivity index (χ0v) is 16.1. The van der Waals surface area contributed by atoms with Gasteiger partial charge in [-0.3, -0.25) is 4.79 Å². The molecular weight excluding hydrogens is 350 g/mol. The summed E-state index contributed by atoms with van der Waals surface area (Å²) in [6.45, 7) is 10.3. The van der Waals surface area contributed by atoms with Crippen LogP contribution in [0.15, 0.2) is 42.1 Å². The minimum absolute atomic E-state index is 0.110. The lowest BCUT2D eigenvalue weighted by molar-refractivity contribution is -0.120. The second-order valence-electron chi connectivity index (χ2n) is 6.08. The zero-order valence-electron chi connectivity index (χ0n) is 15.3. The lowest BCUT2D eigenvalue weighted by Crippen LogP contribution is -2.31. The molecule has 3 N–H and O–H groups in total. The summed E-state index contributed by atoms with van der Waals surface area (Å²) in [6, 6.07) is 7.93. The van der Waals surface area contributed by atoms with E-state index in [0.29, 0.717) is 23.4 Å². The van der Waals surface area contributed by atoms with Crippen LogP contribution in [-0.4, -0.2) is 32.6 Å². The van der Waals surface area contributed by atoms with Gasteiger partial charge in [0, 0.05) is 6.54 Å². The van der Waals surface area contributed by atoms with Crippen molar-refractivity contribution < 1.29 is 9.53 Å². The van der Waals surface area contributed by atoms with Crippen LogP contribution < -0.4 is 15.9 Å². The molecule has 0 fully saturated rings. The van der Waals surface area contributed by atoms with E-state index in [2.05, 4.69) is 35.9 Å². The molecule has 0 unspecified atom stereocenters. The summed E-state index contributed by atoms with van der Waals surface area (Å²) in [5.74, 6) is 7.61. The van der Waals surface area contributed by atoms with Crippen molar-refractivity contribution >= 4 is 17.7 Å². The Morgan fingerprint density at radius 2 is 2.04 bits per heavy atom. The van der Waals surface area contributed by atoms with Gasteiger partial charge in [0.25, 0.3) is 0 Å². The van der Waals surface area contributed by atoms with Gasteiger partial charge in [-0.05, 0) is 30.5 Å². The quantitative estimate of drug-likeness (QED) is 0.397. The Morgan fingerprint density at radius 1 is 1.35 bits per heavy atom. The SMILES string of the molecule is C=CCNC(=O)[C@H](C)Sc1nnc(COc2ccc(C(C)C)cc2)n1N. The van der Waals surface area contributed by atoms with Crippen LogP contribution in [0, 0.1) is 0 Å². The number of rotatable bonds is 9. The van der Waals surface area contributed by atoms with Crippen LogP contribution in [0.3, 0.4) is 0 Å². The van der Waals surface area contributed by atoms with Crippen LogP contribution in [0.25, 0.3) is 0 Å². The van der Waals surface area contributed by atoms with Crippen molar-refractivity contribution in [3.63, 3.8) is 0 Å². The summed E-state index contributed by atoms with van der Waals surface area (Å²) < 4.78 is 7.08. The Balaban J connectivity index is 1.93. The van der Waals surface area contributed by atoms with Crippen LogP contribution in [0.4, 0.5) is 0 Å². The normalized spacial score (nSPS) is 12.0. The third-order valence-corrected chi connectivity index (χ3v) is 4.78. The monoisotopic (exact) mass is 375 g/mol. The number of nitrogens with zero attached hydrogens (tertiary/aromatic N) is 3. The van der Waals surface area contributed by atoms with Crippen LogP contribution in [-0.2, 0) is 11.4 Å². The molecule has 0 spiro atoms. The number of amides is 1. The first-order valence-corrected chi connectivity index (χ1v) is 9.27. The third-order valence-electron chi connectivity index (χ3n) is 3.72. The zero-order chi connectivity index (χ0) is 19.1. The molecule has 0 saturated carbocycles. The third kappa shape index (κ3) is 5.26. The summed E-state index contributed by atoms with van der Waals surface area (Å²) in [4.78, 5) is 11.9. The van der Waals surface area contributed by atoms with Gasteiger partial charge in [-0.25, -0.2) is 4.68 Å². The fourth-order valence-corrected chi connectivity index (χ4v) is 2.92. The van der Waals surface area contributed by atoms with Crippen LogP contribution in [0.5, 0.6) is 5.75 Å². The maximum atomic E-state index is 11.9. The van der Waals surface area contributed by atoms with Gasteiger partial charge in [-0.2, -0.15) is 0 Å². The molecular formula is C18H25N5O2S. The van der Waals surface area contributed by atoms with E-state index in [1.807, 2.05) is 24.3 Å². The second kappa shape index (κ2) is 9.28. The Morgan fingerprint density at radius 3 is 2.65 bits per heavy atom. The summed E-state index contributed by atoms with van der Waals surface area (Å²) >= 11 is 1.24. The van der Waals surface area contributed by atoms with Crippen molar-refractivity contribution in [1.29, 1.82) is 0 Å². The van der Waals surface area contributed by atoms with Gasteiger partial charge in [0.05, 0.1) is 5.25 Å². The Bertz CT molecular complexity index is 743. The standard InChI is InChI=1S/C18H25N5O2S/c1-5-10-20-17(24)13(4)26-18-22-21-16(23(18)19)11-25-15-8-6-14(7-9-15)12(2)3/h5-9,12-13H,1,10-11,19H2,2-4H3,(H,20,24)/t13-/m0/s1. The van der Waals surface area contributed by atoms with Gasteiger partial charge in [0.1, 0.15) is 12.4 Å². The van der Waals surface area contributed by atoms with Crippen LogP contribution in [0.1, 0.15) is 38.1 Å². The van der Waals surface area contributed by atoms with E-state index in [9.17, 15) is 4.79 Å². The molecule has 2 aromatic rings. The molecule has 1 amide bonds. The highest BCUT2D eigenvalue weighted by Crippen LogP contribution is 2.22. The summed E-state index contributed by atoms with van der Waals surface area (Å²) in [6.07, 6.45) is 1.63. The lowest BCUT2D eigenvalue weighted by atomic mass is 10.0. The maximum Gasteiger partial charge on any atom is 0.233 e. The van der Waals surface area contributed by atoms with Crippen molar-refractivity contribution in [3.8, 4) is 5.75 Å². The molecule has 0 bridgehead atoms. The van der Waals surface area contributed by atoms with Gasteiger partial charge in [-0.1, -0.05) is 43.8 Å². The van der Waals surface area contributed by atoms with Crippen molar-refractivity contribution in [3.05, 3.63) is 48.3 Å². The first-order valence-electron chi connectivity index (χ1n) is 8.39. The second-order valence-corrected chi connectivity index (χ2v) is 7.38. The van der Waals surface area contributed by atoms with Gasteiger partial charge in [0.15, 0.2) is 5.82 Å². The van der Waals surface area contributed by atoms with Crippen LogP contribution >= 0.6 is 11.8 Å². The average molecular weight is 375 g/mol.